The zero-order chi connectivity index (χ0) is 34.5. The number of hydrogen-bond acceptors (Lipinski definition) is 7. The Kier molecular flexibility index (Phi) is 7.23. The Hall–Kier alpha value is -4.94. The molecule has 13 heteroatoms. The summed E-state index contributed by atoms with van der Waals surface area (Å²) >= 11 is 0. The molecule has 0 amide bonds. The van der Waals surface area contributed by atoms with E-state index in [4.69, 9.17) is 9.47 Å². The molecule has 4 aromatic rings. The number of nitrogens with zero attached hydrogens (tertiary/aromatic N) is 3. The number of aromatic nitrogens is 2. The highest BCUT2D eigenvalue weighted by Gasteiger charge is 2.45. The van der Waals surface area contributed by atoms with Crippen LogP contribution in [0.2, 0.25) is 0 Å². The lowest BCUT2D eigenvalue weighted by atomic mass is 9.90. The molecule has 4 aliphatic rings. The molecule has 256 valence electrons. The van der Waals surface area contributed by atoms with Crippen LogP contribution in [0.3, 0.4) is 0 Å². The average Bonchev–Trinajstić information content (AvgIpc) is 4.01. The van der Waals surface area contributed by atoms with E-state index in [1.807, 2.05) is 4.90 Å². The van der Waals surface area contributed by atoms with Gasteiger partial charge in [0.1, 0.15) is 34.1 Å². The van der Waals surface area contributed by atoms with Crippen molar-refractivity contribution in [2.24, 2.45) is 5.92 Å². The van der Waals surface area contributed by atoms with Crippen molar-refractivity contribution >= 4 is 39.4 Å². The van der Waals surface area contributed by atoms with Crippen LogP contribution < -0.4 is 25.2 Å². The number of piperidine rings is 1. The summed E-state index contributed by atoms with van der Waals surface area (Å²) in [4.78, 5) is 52.5. The van der Waals surface area contributed by atoms with Crippen LogP contribution in [0.5, 0.6) is 11.5 Å². The average molecular weight is 676 g/mol. The number of fused-ring (bicyclic) bond motifs is 3. The van der Waals surface area contributed by atoms with Crippen molar-refractivity contribution in [1.29, 1.82) is 0 Å². The first-order valence-electron chi connectivity index (χ1n) is 16.7. The zero-order valence-corrected chi connectivity index (χ0v) is 27.0. The van der Waals surface area contributed by atoms with Crippen LogP contribution in [-0.4, -0.2) is 58.1 Å². The predicted molar refractivity (Wildman–Crippen MR) is 176 cm³/mol. The van der Waals surface area contributed by atoms with Crippen LogP contribution in [0.25, 0.3) is 21.8 Å². The first kappa shape index (κ1) is 31.3. The second-order valence-corrected chi connectivity index (χ2v) is 13.8. The fraction of sp³-hybridized carbons (Fsp3) is 0.444. The molecule has 2 aromatic carbocycles. The van der Waals surface area contributed by atoms with E-state index in [2.05, 4.69) is 0 Å². The quantitative estimate of drug-likeness (QED) is 0.236. The lowest BCUT2D eigenvalue weighted by Gasteiger charge is -2.40. The first-order chi connectivity index (χ1) is 23.5. The minimum atomic E-state index is -1.42. The van der Waals surface area contributed by atoms with Crippen LogP contribution in [0.4, 0.5) is 14.5 Å². The van der Waals surface area contributed by atoms with Gasteiger partial charge < -0.3 is 33.7 Å². The topological polar surface area (TPSA) is 140 Å². The third-order valence-corrected chi connectivity index (χ3v) is 11.0. The molecular weight excluding hydrogens is 640 g/mol. The molecule has 3 heterocycles. The van der Waals surface area contributed by atoms with Crippen LogP contribution in [-0.2, 0) is 0 Å². The van der Waals surface area contributed by atoms with Gasteiger partial charge in [0, 0.05) is 48.7 Å². The maximum atomic E-state index is 16.9. The number of hydrogen-bond donors (Lipinski definition) is 2. The number of carbonyl (C=O) groups is 2. The predicted octanol–water partition coefficient (Wildman–Crippen LogP) is 5.84. The molecule has 8 rings (SSSR count). The molecule has 1 saturated heterocycles. The molecule has 3 atom stereocenters. The maximum absolute atomic E-state index is 16.9. The fourth-order valence-corrected chi connectivity index (χ4v) is 8.50. The summed E-state index contributed by atoms with van der Waals surface area (Å²) in [5.74, 6) is -4.25. The van der Waals surface area contributed by atoms with Gasteiger partial charge in [0.25, 0.3) is 0 Å². The summed E-state index contributed by atoms with van der Waals surface area (Å²) in [7, 11) is 2.84. The number of carboxylic acid groups (broad SMARTS) is 2. The molecule has 1 aliphatic heterocycles. The lowest BCUT2D eigenvalue weighted by molar-refractivity contribution is 0.0684. The summed E-state index contributed by atoms with van der Waals surface area (Å²) < 4.78 is 48.1. The van der Waals surface area contributed by atoms with Gasteiger partial charge in [-0.15, -0.1) is 0 Å². The van der Waals surface area contributed by atoms with Gasteiger partial charge in [-0.25, -0.2) is 18.4 Å². The molecule has 1 unspecified atom stereocenters. The van der Waals surface area contributed by atoms with Crippen LogP contribution in [0, 0.1) is 17.6 Å². The highest BCUT2D eigenvalue weighted by atomic mass is 19.1. The number of methoxy groups -OCH3 is 2. The van der Waals surface area contributed by atoms with Gasteiger partial charge in [-0.2, -0.15) is 0 Å². The van der Waals surface area contributed by atoms with Gasteiger partial charge in [-0.3, -0.25) is 9.59 Å². The van der Waals surface area contributed by atoms with Gasteiger partial charge in [0.05, 0.1) is 36.0 Å². The van der Waals surface area contributed by atoms with Crippen molar-refractivity contribution in [1.82, 2.24) is 9.13 Å². The lowest BCUT2D eigenvalue weighted by Crippen LogP contribution is -2.43. The Labute approximate surface area is 278 Å². The van der Waals surface area contributed by atoms with E-state index in [1.165, 1.54) is 26.6 Å². The normalized spacial score (nSPS) is 22.0. The summed E-state index contributed by atoms with van der Waals surface area (Å²) in [6.45, 7) is 0.443. The molecule has 0 spiro atoms. The number of aromatic carboxylic acids is 2. The van der Waals surface area contributed by atoms with E-state index in [0.717, 1.165) is 38.2 Å². The minimum Gasteiger partial charge on any atom is -0.494 e. The first-order valence-corrected chi connectivity index (χ1v) is 16.7. The minimum absolute atomic E-state index is 0.0202. The number of ether oxygens (including phenoxy) is 2. The van der Waals surface area contributed by atoms with E-state index in [1.54, 1.807) is 15.2 Å². The van der Waals surface area contributed by atoms with Gasteiger partial charge in [0.15, 0.2) is 5.82 Å². The second kappa shape index (κ2) is 11.3. The van der Waals surface area contributed by atoms with Crippen molar-refractivity contribution in [2.75, 3.05) is 25.7 Å². The zero-order valence-electron chi connectivity index (χ0n) is 27.0. The van der Waals surface area contributed by atoms with Crippen LogP contribution >= 0.6 is 0 Å². The van der Waals surface area contributed by atoms with Crippen LogP contribution in [0.1, 0.15) is 95.6 Å². The number of halogens is 2. The molecule has 49 heavy (non-hydrogen) atoms. The third kappa shape index (κ3) is 4.79. The van der Waals surface area contributed by atoms with E-state index < -0.39 is 45.6 Å². The van der Waals surface area contributed by atoms with E-state index in [0.29, 0.717) is 36.9 Å². The Morgan fingerprint density at radius 1 is 0.857 bits per heavy atom. The summed E-state index contributed by atoms with van der Waals surface area (Å²) in [5, 5.41) is 19.2. The Morgan fingerprint density at radius 3 is 2.14 bits per heavy atom. The standard InChI is InChI=1S/C36H35F2N3O8/c1-48-26-13-25-28(33(43)22(36(46)47)14-40(25)18-5-6-18)29(38)31(26)39-9-3-4-16-10-17(11-24(16)39)27-23(37)12-20-30(34(27)49-2)41(19-7-8-19)15-21(32(20)42)35(44)45/h12-19,24H,3-11H2,1-2H3,(H,44,45)(H,46,47)/t16-,17?,24+/m0/s1. The highest BCUT2D eigenvalue weighted by molar-refractivity contribution is 5.96. The summed E-state index contributed by atoms with van der Waals surface area (Å²) in [6, 6.07) is 2.39. The van der Waals surface area contributed by atoms with Crippen molar-refractivity contribution < 1.29 is 38.1 Å². The molecule has 3 saturated carbocycles. The second-order valence-electron chi connectivity index (χ2n) is 13.8. The molecule has 2 aromatic heterocycles. The summed E-state index contributed by atoms with van der Waals surface area (Å²) in [6.07, 6.45) is 8.22. The SMILES string of the molecule is COc1cc2c(c(F)c1N1CCC[C@H]3CC(c4c(F)cc5c(=O)c(C(=O)O)cn(C6CC6)c5c4OC)C[C@H]31)c(=O)c(C(=O)O)cn2C1CC1. The van der Waals surface area contributed by atoms with Crippen molar-refractivity contribution in [3.63, 3.8) is 0 Å². The molecule has 0 radical (unpaired) electrons. The highest BCUT2D eigenvalue weighted by Crippen LogP contribution is 2.52. The monoisotopic (exact) mass is 675 g/mol. The Bertz CT molecular complexity index is 2220. The van der Waals surface area contributed by atoms with E-state index in [-0.39, 0.29) is 63.4 Å². The number of benzene rings is 2. The maximum Gasteiger partial charge on any atom is 0.341 e. The molecule has 2 N–H and O–H groups in total. The van der Waals surface area contributed by atoms with Gasteiger partial charge in [0.2, 0.25) is 10.9 Å². The molecule has 0 bridgehead atoms. The van der Waals surface area contributed by atoms with E-state index >= 15 is 8.78 Å². The van der Waals surface area contributed by atoms with Crippen molar-refractivity contribution in [3.05, 3.63) is 73.3 Å². The number of pyridine rings is 2. The van der Waals surface area contributed by atoms with Gasteiger partial charge in [-0.05, 0) is 69.3 Å². The van der Waals surface area contributed by atoms with Crippen LogP contribution in [0.15, 0.2) is 34.1 Å². The van der Waals surface area contributed by atoms with Crippen molar-refractivity contribution in [2.45, 2.75) is 75.4 Å². The smallest absolute Gasteiger partial charge is 0.341 e. The molecule has 4 fully saturated rings. The Balaban J connectivity index is 1.25. The third-order valence-electron chi connectivity index (χ3n) is 11.0. The Morgan fingerprint density at radius 2 is 1.51 bits per heavy atom. The molecule has 11 nitrogen and oxygen atoms in total. The fourth-order valence-electron chi connectivity index (χ4n) is 8.50. The van der Waals surface area contributed by atoms with Gasteiger partial charge >= 0.3 is 11.9 Å². The van der Waals surface area contributed by atoms with Gasteiger partial charge in [-0.1, -0.05) is 0 Å². The number of anilines is 1. The van der Waals surface area contributed by atoms with E-state index in [9.17, 15) is 29.4 Å². The largest absolute Gasteiger partial charge is 0.494 e. The molecular formula is C36H35F2N3O8. The number of rotatable bonds is 8. The number of carboxylic acids is 2. The summed E-state index contributed by atoms with van der Waals surface area (Å²) in [5.41, 5.74) is -1.56. The van der Waals surface area contributed by atoms with Crippen molar-refractivity contribution in [3.8, 4) is 11.5 Å². The molecule has 3 aliphatic carbocycles.